The van der Waals surface area contributed by atoms with E-state index in [4.69, 9.17) is 33.4 Å². The first kappa shape index (κ1) is 22.9. The summed E-state index contributed by atoms with van der Waals surface area (Å²) in [5.74, 6) is 0.600. The average molecular weight is 538 g/mol. The van der Waals surface area contributed by atoms with Crippen molar-refractivity contribution in [1.82, 2.24) is 30.0 Å². The second-order valence-electron chi connectivity index (χ2n) is 7.20. The van der Waals surface area contributed by atoms with Gasteiger partial charge in [0.25, 0.3) is 0 Å². The van der Waals surface area contributed by atoms with Crippen LogP contribution in [0.4, 0.5) is 0 Å². The lowest BCUT2D eigenvalue weighted by molar-refractivity contribution is 0.276. The van der Waals surface area contributed by atoms with E-state index >= 15 is 0 Å². The number of rotatable bonds is 5. The summed E-state index contributed by atoms with van der Waals surface area (Å²) in [6.45, 7) is -0.210. The minimum Gasteiger partial charge on any atom is -0.390 e. The first-order chi connectivity index (χ1) is 15.5. The van der Waals surface area contributed by atoms with E-state index in [-0.39, 0.29) is 13.2 Å². The monoisotopic (exact) mass is 536 g/mol. The summed E-state index contributed by atoms with van der Waals surface area (Å²) in [7, 11) is 0. The Morgan fingerprint density at radius 3 is 1.84 bits per heavy atom. The van der Waals surface area contributed by atoms with Crippen LogP contribution in [0.3, 0.4) is 0 Å². The predicted molar refractivity (Wildman–Crippen MR) is 124 cm³/mol. The maximum Gasteiger partial charge on any atom is 0.109 e. The molecular weight excluding hydrogens is 519 g/mol. The van der Waals surface area contributed by atoms with Crippen molar-refractivity contribution in [2.24, 2.45) is 0 Å². The molecule has 8 nitrogen and oxygen atoms in total. The second kappa shape index (κ2) is 10.1. The molecule has 0 radical (unpaired) electrons. The molecule has 1 aliphatic rings. The van der Waals surface area contributed by atoms with Gasteiger partial charge >= 0.3 is 0 Å². The third kappa shape index (κ3) is 5.36. The number of hydrogen-bond acceptors (Lipinski definition) is 6. The molecule has 5 rings (SSSR count). The Balaban J connectivity index is 0.000000155. The summed E-state index contributed by atoms with van der Waals surface area (Å²) in [5, 5.41) is 34.7. The zero-order valence-corrected chi connectivity index (χ0v) is 19.8. The molecule has 0 saturated heterocycles. The lowest BCUT2D eigenvalue weighted by Crippen LogP contribution is -1.96. The molecule has 1 aliphatic carbocycles. The highest BCUT2D eigenvalue weighted by atomic mass is 79.9. The van der Waals surface area contributed by atoms with Crippen molar-refractivity contribution in [2.45, 2.75) is 32.0 Å². The Morgan fingerprint density at radius 1 is 0.844 bits per heavy atom. The van der Waals surface area contributed by atoms with Crippen LogP contribution in [-0.4, -0.2) is 40.2 Å². The molecule has 0 bridgehead atoms. The Morgan fingerprint density at radius 2 is 1.38 bits per heavy atom. The molecule has 1 fully saturated rings. The molecular formula is C21H19BrCl2N6O2. The summed E-state index contributed by atoms with van der Waals surface area (Å²) in [6.07, 6.45) is 5.81. The number of hydrogen-bond donors (Lipinski definition) is 2. The molecule has 2 N–H and O–H groups in total. The lowest BCUT2D eigenvalue weighted by Gasteiger charge is -2.05. The molecule has 11 heteroatoms. The van der Waals surface area contributed by atoms with Crippen LogP contribution in [0.25, 0.3) is 11.4 Å². The molecule has 0 atom stereocenters. The topological polar surface area (TPSA) is 102 Å². The van der Waals surface area contributed by atoms with Crippen molar-refractivity contribution in [3.8, 4) is 11.4 Å². The molecule has 2 aromatic carbocycles. The van der Waals surface area contributed by atoms with E-state index in [2.05, 4.69) is 42.6 Å². The fourth-order valence-corrected chi connectivity index (χ4v) is 3.76. The third-order valence-corrected chi connectivity index (χ3v) is 6.39. The van der Waals surface area contributed by atoms with E-state index in [0.29, 0.717) is 22.3 Å². The summed E-state index contributed by atoms with van der Waals surface area (Å²) in [5.41, 5.74) is 4.04. The number of halogens is 3. The molecule has 0 spiro atoms. The standard InChI is InChI=1S/C12H12ClN3O.C9H7BrClN3O/c13-12-4-3-10(5-11(12)8-1-2-8)16-6-9(7-17)14-15-16;10-8-3-7(1-2-9(8)11)14-4-6(5-15)12-13-14/h3-6,8,17H,1-2,7H2;1-4,15H,5H2. The third-order valence-electron chi connectivity index (χ3n) is 4.83. The summed E-state index contributed by atoms with van der Waals surface area (Å²) in [4.78, 5) is 0. The van der Waals surface area contributed by atoms with Crippen molar-refractivity contribution in [1.29, 1.82) is 0 Å². The maximum absolute atomic E-state index is 8.96. The average Bonchev–Trinajstić information content (AvgIpc) is 3.33. The fraction of sp³-hybridized carbons (Fsp3) is 0.238. The quantitative estimate of drug-likeness (QED) is 0.389. The SMILES string of the molecule is OCc1cn(-c2ccc(Cl)c(Br)c2)nn1.OCc1cn(-c2ccc(Cl)c(C3CC3)c2)nn1. The molecule has 1 saturated carbocycles. The van der Waals surface area contributed by atoms with Gasteiger partial charge in [-0.05, 0) is 76.7 Å². The Bertz CT molecular complexity index is 1220. The highest BCUT2D eigenvalue weighted by Crippen LogP contribution is 2.43. The first-order valence-corrected chi connectivity index (χ1v) is 11.3. The second-order valence-corrected chi connectivity index (χ2v) is 8.87. The van der Waals surface area contributed by atoms with Crippen molar-refractivity contribution in [3.05, 3.63) is 80.3 Å². The number of benzene rings is 2. The smallest absolute Gasteiger partial charge is 0.109 e. The summed E-state index contributed by atoms with van der Waals surface area (Å²) >= 11 is 15.4. The van der Waals surface area contributed by atoms with Gasteiger partial charge in [-0.2, -0.15) is 0 Å². The molecule has 2 heterocycles. The van der Waals surface area contributed by atoms with E-state index in [1.807, 2.05) is 24.3 Å². The van der Waals surface area contributed by atoms with Gasteiger partial charge in [-0.15, -0.1) is 10.2 Å². The van der Waals surface area contributed by atoms with E-state index in [9.17, 15) is 0 Å². The molecule has 0 amide bonds. The summed E-state index contributed by atoms with van der Waals surface area (Å²) < 4.78 is 4.03. The van der Waals surface area contributed by atoms with Crippen LogP contribution in [0, 0.1) is 0 Å². The van der Waals surface area contributed by atoms with Gasteiger partial charge in [0.1, 0.15) is 11.4 Å². The molecule has 2 aromatic heterocycles. The molecule has 4 aromatic rings. The van der Waals surface area contributed by atoms with Gasteiger partial charge < -0.3 is 10.2 Å². The number of aromatic nitrogens is 6. The van der Waals surface area contributed by atoms with Crippen molar-refractivity contribution in [3.63, 3.8) is 0 Å². The number of aliphatic hydroxyl groups excluding tert-OH is 2. The van der Waals surface area contributed by atoms with Gasteiger partial charge in [0, 0.05) is 9.50 Å². The van der Waals surface area contributed by atoms with Crippen LogP contribution in [0.1, 0.15) is 35.7 Å². The van der Waals surface area contributed by atoms with E-state index < -0.39 is 0 Å². The van der Waals surface area contributed by atoms with Crippen molar-refractivity contribution >= 4 is 39.1 Å². The minimum absolute atomic E-state index is 0.0942. The Kier molecular flexibility index (Phi) is 7.22. The van der Waals surface area contributed by atoms with Crippen molar-refractivity contribution < 1.29 is 10.2 Å². The van der Waals surface area contributed by atoms with Crippen LogP contribution in [-0.2, 0) is 13.2 Å². The van der Waals surface area contributed by atoms with Gasteiger partial charge in [-0.25, -0.2) is 9.36 Å². The zero-order valence-electron chi connectivity index (χ0n) is 16.7. The molecule has 32 heavy (non-hydrogen) atoms. The largest absolute Gasteiger partial charge is 0.390 e. The van der Waals surface area contributed by atoms with E-state index in [0.717, 1.165) is 20.9 Å². The zero-order chi connectivity index (χ0) is 22.7. The van der Waals surface area contributed by atoms with Crippen LogP contribution < -0.4 is 0 Å². The van der Waals surface area contributed by atoms with Gasteiger partial charge in [-0.1, -0.05) is 33.6 Å². The van der Waals surface area contributed by atoms with Crippen LogP contribution in [0.5, 0.6) is 0 Å². The van der Waals surface area contributed by atoms with Crippen LogP contribution in [0.2, 0.25) is 10.0 Å². The summed E-state index contributed by atoms with van der Waals surface area (Å²) in [6, 6.07) is 11.3. The van der Waals surface area contributed by atoms with Crippen LogP contribution in [0.15, 0.2) is 53.3 Å². The first-order valence-electron chi connectivity index (χ1n) is 9.78. The molecule has 166 valence electrons. The maximum atomic E-state index is 8.96. The van der Waals surface area contributed by atoms with Gasteiger partial charge in [-0.3, -0.25) is 0 Å². The fourth-order valence-electron chi connectivity index (χ4n) is 3.00. The van der Waals surface area contributed by atoms with Crippen LogP contribution >= 0.6 is 39.1 Å². The highest BCUT2D eigenvalue weighted by molar-refractivity contribution is 9.10. The lowest BCUT2D eigenvalue weighted by atomic mass is 10.1. The van der Waals surface area contributed by atoms with Gasteiger partial charge in [0.2, 0.25) is 0 Å². The van der Waals surface area contributed by atoms with E-state index in [1.54, 1.807) is 27.8 Å². The van der Waals surface area contributed by atoms with Gasteiger partial charge in [0.15, 0.2) is 0 Å². The predicted octanol–water partition coefficient (Wildman–Crippen LogP) is 4.47. The van der Waals surface area contributed by atoms with Crippen molar-refractivity contribution in [2.75, 3.05) is 0 Å². The Hall–Kier alpha value is -2.30. The number of aliphatic hydroxyl groups is 2. The molecule has 0 unspecified atom stereocenters. The normalized spacial score (nSPS) is 13.0. The number of nitrogens with zero attached hydrogens (tertiary/aromatic N) is 6. The van der Waals surface area contributed by atoms with E-state index in [1.165, 1.54) is 18.4 Å². The molecule has 0 aliphatic heterocycles. The highest BCUT2D eigenvalue weighted by Gasteiger charge is 2.26. The minimum atomic E-state index is -0.116. The van der Waals surface area contributed by atoms with Gasteiger partial charge in [0.05, 0.1) is 42.0 Å². The Labute approximate surface area is 202 Å².